The molecule has 0 aliphatic carbocycles. The minimum atomic E-state index is -3.26. The topological polar surface area (TPSA) is 82.5 Å². The molecule has 6 nitrogen and oxygen atoms in total. The molecule has 3 rings (SSSR count). The van der Waals surface area contributed by atoms with Gasteiger partial charge in [0.1, 0.15) is 0 Å². The van der Waals surface area contributed by atoms with E-state index >= 15 is 0 Å². The maximum absolute atomic E-state index is 12.2. The lowest BCUT2D eigenvalue weighted by atomic mass is 9.98. The predicted octanol–water partition coefficient (Wildman–Crippen LogP) is 2.66. The van der Waals surface area contributed by atoms with Gasteiger partial charge in [-0.1, -0.05) is 24.3 Å². The van der Waals surface area contributed by atoms with Crippen LogP contribution in [-0.2, 0) is 23.0 Å². The highest BCUT2D eigenvalue weighted by Gasteiger charge is 2.25. The lowest BCUT2D eigenvalue weighted by molar-refractivity contribution is 0.289. The molecule has 0 fully saturated rings. The van der Waals surface area contributed by atoms with Crippen molar-refractivity contribution in [2.75, 3.05) is 19.4 Å². The summed E-state index contributed by atoms with van der Waals surface area (Å²) in [6, 6.07) is 7.95. The molecule has 0 spiro atoms. The van der Waals surface area contributed by atoms with E-state index in [1.807, 2.05) is 32.0 Å². The van der Waals surface area contributed by atoms with Crippen LogP contribution < -0.4 is 5.32 Å². The summed E-state index contributed by atoms with van der Waals surface area (Å²) in [4.78, 5) is 4.86. The Morgan fingerprint density at radius 3 is 2.75 bits per heavy atom. The smallest absolute Gasteiger partial charge is 0.211 e. The van der Waals surface area contributed by atoms with E-state index in [0.29, 0.717) is 19.5 Å². The molecule has 0 radical (unpaired) electrons. The van der Waals surface area contributed by atoms with Crippen molar-refractivity contribution in [3.05, 3.63) is 47.2 Å². The first-order valence-electron chi connectivity index (χ1n) is 9.75. The number of unbranched alkanes of at least 4 members (excludes halogenated alkanes) is 1. The molecule has 0 amide bonds. The third-order valence-corrected chi connectivity index (χ3v) is 6.57. The summed E-state index contributed by atoms with van der Waals surface area (Å²) in [5, 5.41) is 13.5. The van der Waals surface area contributed by atoms with Gasteiger partial charge < -0.3 is 10.4 Å². The van der Waals surface area contributed by atoms with Crippen LogP contribution in [0.3, 0.4) is 0 Å². The van der Waals surface area contributed by atoms with Crippen molar-refractivity contribution in [2.24, 2.45) is 0 Å². The monoisotopic (exact) mass is 403 g/mol. The highest BCUT2D eigenvalue weighted by Crippen LogP contribution is 2.32. The zero-order chi connectivity index (χ0) is 20.3. The first kappa shape index (κ1) is 20.8. The summed E-state index contributed by atoms with van der Waals surface area (Å²) < 4.78 is 25.9. The number of aromatic nitrogens is 1. The van der Waals surface area contributed by atoms with Crippen LogP contribution in [0, 0.1) is 0 Å². The molecule has 0 saturated carbocycles. The first-order chi connectivity index (χ1) is 13.3. The Balaban J connectivity index is 2.01. The van der Waals surface area contributed by atoms with Gasteiger partial charge >= 0.3 is 0 Å². The van der Waals surface area contributed by atoms with Crippen molar-refractivity contribution >= 4 is 26.6 Å². The summed E-state index contributed by atoms with van der Waals surface area (Å²) in [5.74, 6) is 0. The van der Waals surface area contributed by atoms with E-state index in [0.717, 1.165) is 46.3 Å². The fourth-order valence-corrected chi connectivity index (χ4v) is 5.01. The molecular formula is C21H29N3O3S. The van der Waals surface area contributed by atoms with E-state index in [4.69, 9.17) is 10.1 Å². The molecule has 152 valence electrons. The summed E-state index contributed by atoms with van der Waals surface area (Å²) in [6.07, 6.45) is 5.51. The van der Waals surface area contributed by atoms with Crippen LogP contribution in [0.2, 0.25) is 0 Å². The lowest BCUT2D eigenvalue weighted by Crippen LogP contribution is -2.37. The van der Waals surface area contributed by atoms with Gasteiger partial charge in [0.25, 0.3) is 0 Å². The number of fused-ring (bicyclic) bond motifs is 2. The average molecular weight is 404 g/mol. The van der Waals surface area contributed by atoms with E-state index in [1.54, 1.807) is 4.31 Å². The molecule has 1 aliphatic rings. The second-order valence-corrected chi connectivity index (χ2v) is 9.42. The Labute approximate surface area is 167 Å². The molecule has 0 unspecified atom stereocenters. The summed E-state index contributed by atoms with van der Waals surface area (Å²) in [7, 11) is -3.26. The molecule has 2 heterocycles. The number of para-hydroxylation sites is 1. The van der Waals surface area contributed by atoms with Crippen LogP contribution in [0.1, 0.15) is 43.5 Å². The van der Waals surface area contributed by atoms with Crippen LogP contribution in [0.15, 0.2) is 30.3 Å². The van der Waals surface area contributed by atoms with Gasteiger partial charge in [0.15, 0.2) is 0 Å². The molecule has 0 bridgehead atoms. The van der Waals surface area contributed by atoms with Crippen LogP contribution in [0.4, 0.5) is 0 Å². The van der Waals surface area contributed by atoms with E-state index in [9.17, 15) is 8.42 Å². The summed E-state index contributed by atoms with van der Waals surface area (Å²) in [6.45, 7) is 5.11. The largest absolute Gasteiger partial charge is 0.396 e. The Hall–Kier alpha value is -1.96. The highest BCUT2D eigenvalue weighted by atomic mass is 32.2. The molecule has 2 N–H and O–H groups in total. The number of aliphatic hydroxyl groups is 1. The van der Waals surface area contributed by atoms with Crippen molar-refractivity contribution in [2.45, 2.75) is 45.7 Å². The minimum absolute atomic E-state index is 0.0804. The Bertz CT molecular complexity index is 984. The number of hydrogen-bond acceptors (Lipinski definition) is 5. The molecule has 1 aliphatic heterocycles. The zero-order valence-electron chi connectivity index (χ0n) is 16.8. The third-order valence-electron chi connectivity index (χ3n) is 5.12. The van der Waals surface area contributed by atoms with Gasteiger partial charge in [-0.2, -0.15) is 4.31 Å². The molecule has 1 aromatic carbocycles. The second-order valence-electron chi connectivity index (χ2n) is 7.49. The lowest BCUT2D eigenvalue weighted by Gasteiger charge is -2.24. The molecule has 2 aromatic rings. The zero-order valence-corrected chi connectivity index (χ0v) is 17.6. The number of pyridine rings is 1. The predicted molar refractivity (Wildman–Crippen MR) is 113 cm³/mol. The number of allylic oxidation sites excluding steroid dienone is 1. The number of rotatable bonds is 8. The molecule has 28 heavy (non-hydrogen) atoms. The molecular weight excluding hydrogens is 374 g/mol. The van der Waals surface area contributed by atoms with E-state index in [-0.39, 0.29) is 12.6 Å². The standard InChI is InChI=1S/C21H29N3O3S/c1-15(2)24(28(3,26)27)12-11-16-17-8-4-5-9-19(17)23-21-18(16)14-22-20(21)10-6-7-13-25/h4-5,8-10,15,22,25H,6-7,11-14H2,1-3H3/b20-10-. The molecule has 0 saturated heterocycles. The fourth-order valence-electron chi connectivity index (χ4n) is 3.82. The van der Waals surface area contributed by atoms with Crippen molar-refractivity contribution < 1.29 is 13.5 Å². The van der Waals surface area contributed by atoms with Crippen LogP contribution in [0.5, 0.6) is 0 Å². The Morgan fingerprint density at radius 1 is 1.32 bits per heavy atom. The van der Waals surface area contributed by atoms with E-state index < -0.39 is 10.0 Å². The normalized spacial score (nSPS) is 15.6. The van der Waals surface area contributed by atoms with Crippen molar-refractivity contribution in [1.82, 2.24) is 14.6 Å². The number of benzene rings is 1. The van der Waals surface area contributed by atoms with Gasteiger partial charge in [-0.3, -0.25) is 0 Å². The molecule has 1 aromatic heterocycles. The maximum atomic E-state index is 12.2. The Kier molecular flexibility index (Phi) is 6.37. The SMILES string of the molecule is CC(C)N(CCc1c2c(nc3ccccc13)/C(=C/CCCO)NC2)S(C)(=O)=O. The quantitative estimate of drug-likeness (QED) is 0.662. The minimum Gasteiger partial charge on any atom is -0.396 e. The molecule has 7 heteroatoms. The number of nitrogens with one attached hydrogen (secondary N) is 1. The maximum Gasteiger partial charge on any atom is 0.211 e. The fraction of sp³-hybridized carbons (Fsp3) is 0.476. The number of sulfonamides is 1. The van der Waals surface area contributed by atoms with Gasteiger partial charge in [0, 0.05) is 36.7 Å². The number of nitrogens with zero attached hydrogens (tertiary/aromatic N) is 2. The Morgan fingerprint density at radius 2 is 2.07 bits per heavy atom. The van der Waals surface area contributed by atoms with Crippen LogP contribution in [0.25, 0.3) is 16.6 Å². The number of hydrogen-bond donors (Lipinski definition) is 2. The van der Waals surface area contributed by atoms with Crippen LogP contribution in [-0.4, -0.2) is 48.3 Å². The summed E-state index contributed by atoms with van der Waals surface area (Å²) >= 11 is 0. The third kappa shape index (κ3) is 4.37. The van der Waals surface area contributed by atoms with Gasteiger partial charge in [0.2, 0.25) is 10.0 Å². The van der Waals surface area contributed by atoms with Crippen molar-refractivity contribution in [1.29, 1.82) is 0 Å². The van der Waals surface area contributed by atoms with Crippen molar-refractivity contribution in [3.8, 4) is 0 Å². The van der Waals surface area contributed by atoms with Crippen LogP contribution >= 0.6 is 0 Å². The highest BCUT2D eigenvalue weighted by molar-refractivity contribution is 7.88. The average Bonchev–Trinajstić information content (AvgIpc) is 3.03. The first-order valence-corrected chi connectivity index (χ1v) is 11.6. The number of aliphatic hydroxyl groups excluding tert-OH is 1. The van der Waals surface area contributed by atoms with E-state index in [2.05, 4.69) is 17.5 Å². The second kappa shape index (κ2) is 8.59. The van der Waals surface area contributed by atoms with Gasteiger partial charge in [-0.05, 0) is 44.7 Å². The van der Waals surface area contributed by atoms with Gasteiger partial charge in [-0.25, -0.2) is 13.4 Å². The van der Waals surface area contributed by atoms with Crippen molar-refractivity contribution in [3.63, 3.8) is 0 Å². The van der Waals surface area contributed by atoms with E-state index in [1.165, 1.54) is 6.26 Å². The van der Waals surface area contributed by atoms with Gasteiger partial charge in [-0.15, -0.1) is 0 Å². The molecule has 0 atom stereocenters. The summed E-state index contributed by atoms with van der Waals surface area (Å²) in [5.41, 5.74) is 5.17. The van der Waals surface area contributed by atoms with Gasteiger partial charge in [0.05, 0.1) is 23.2 Å².